The van der Waals surface area contributed by atoms with Gasteiger partial charge in [-0.05, 0) is 46.5 Å². The lowest BCUT2D eigenvalue weighted by molar-refractivity contribution is 0.475. The van der Waals surface area contributed by atoms with Gasteiger partial charge in [-0.1, -0.05) is 24.3 Å². The van der Waals surface area contributed by atoms with Gasteiger partial charge in [0.1, 0.15) is 11.5 Å². The molecule has 21 heavy (non-hydrogen) atoms. The molecule has 0 unspecified atom stereocenters. The van der Waals surface area contributed by atoms with Crippen molar-refractivity contribution in [2.45, 2.75) is 6.42 Å². The lowest BCUT2D eigenvalue weighted by Gasteiger charge is -2.08. The first-order chi connectivity index (χ1) is 10.2. The molecule has 3 nitrogen and oxygen atoms in total. The molecule has 102 valence electrons. The Hall–Kier alpha value is -2.81. The minimum Gasteiger partial charge on any atom is -0.508 e. The van der Waals surface area contributed by atoms with Crippen LogP contribution < -0.4 is 0 Å². The van der Waals surface area contributed by atoms with Crippen LogP contribution in [-0.4, -0.2) is 15.2 Å². The molecule has 0 radical (unpaired) electrons. The number of benzene rings is 2. The molecule has 1 aliphatic rings. The van der Waals surface area contributed by atoms with E-state index in [-0.39, 0.29) is 11.5 Å². The average molecular weight is 275 g/mol. The first kappa shape index (κ1) is 12.0. The SMILES string of the molecule is Oc1ccc(-c2ccnc3c2Cc2cccc(O)c2-3)cc1. The van der Waals surface area contributed by atoms with Crippen LogP contribution in [0.25, 0.3) is 22.4 Å². The molecule has 1 aliphatic carbocycles. The number of rotatable bonds is 1. The molecule has 4 rings (SSSR count). The van der Waals surface area contributed by atoms with E-state index in [9.17, 15) is 10.2 Å². The van der Waals surface area contributed by atoms with Crippen molar-refractivity contribution in [2.24, 2.45) is 0 Å². The number of phenolic OH excluding ortho intramolecular Hbond substituents is 2. The highest BCUT2D eigenvalue weighted by Crippen LogP contribution is 2.44. The zero-order chi connectivity index (χ0) is 14.4. The maximum atomic E-state index is 10.1. The third kappa shape index (κ3) is 1.78. The predicted octanol–water partition coefficient (Wildman–Crippen LogP) is 3.73. The summed E-state index contributed by atoms with van der Waals surface area (Å²) in [6.45, 7) is 0. The lowest BCUT2D eigenvalue weighted by atomic mass is 9.99. The normalized spacial score (nSPS) is 12.0. The summed E-state index contributed by atoms with van der Waals surface area (Å²) in [6.07, 6.45) is 2.53. The van der Waals surface area contributed by atoms with Crippen LogP contribution in [0, 0.1) is 0 Å². The summed E-state index contributed by atoms with van der Waals surface area (Å²) < 4.78 is 0. The van der Waals surface area contributed by atoms with Gasteiger partial charge in [0.05, 0.1) is 5.69 Å². The number of hydrogen-bond donors (Lipinski definition) is 2. The first-order valence-corrected chi connectivity index (χ1v) is 6.82. The molecule has 2 aromatic carbocycles. The van der Waals surface area contributed by atoms with Crippen LogP contribution in [0.5, 0.6) is 11.5 Å². The Kier molecular flexibility index (Phi) is 2.48. The van der Waals surface area contributed by atoms with Gasteiger partial charge in [-0.25, -0.2) is 0 Å². The molecule has 0 aliphatic heterocycles. The first-order valence-electron chi connectivity index (χ1n) is 6.82. The van der Waals surface area contributed by atoms with E-state index in [1.165, 1.54) is 0 Å². The molecule has 3 aromatic rings. The van der Waals surface area contributed by atoms with E-state index in [1.54, 1.807) is 24.4 Å². The standard InChI is InChI=1S/C18H13NO2/c20-13-6-4-11(5-7-13)14-8-9-19-18-15(14)10-12-2-1-3-16(21)17(12)18/h1-9,20-21H,10H2. The van der Waals surface area contributed by atoms with Crippen molar-refractivity contribution in [3.63, 3.8) is 0 Å². The van der Waals surface area contributed by atoms with Gasteiger partial charge in [0.25, 0.3) is 0 Å². The topological polar surface area (TPSA) is 53.4 Å². The highest BCUT2D eigenvalue weighted by molar-refractivity contribution is 5.85. The maximum Gasteiger partial charge on any atom is 0.125 e. The fourth-order valence-corrected chi connectivity index (χ4v) is 3.00. The second-order valence-electron chi connectivity index (χ2n) is 5.22. The van der Waals surface area contributed by atoms with Crippen molar-refractivity contribution in [1.82, 2.24) is 4.98 Å². The smallest absolute Gasteiger partial charge is 0.125 e. The molecule has 1 heterocycles. The third-order valence-corrected chi connectivity index (χ3v) is 3.97. The number of fused-ring (bicyclic) bond motifs is 3. The summed E-state index contributed by atoms with van der Waals surface area (Å²) in [4.78, 5) is 4.46. The summed E-state index contributed by atoms with van der Waals surface area (Å²) in [7, 11) is 0. The van der Waals surface area contributed by atoms with Crippen LogP contribution in [0.4, 0.5) is 0 Å². The minimum absolute atomic E-state index is 0.255. The number of aromatic nitrogens is 1. The van der Waals surface area contributed by atoms with E-state index >= 15 is 0 Å². The monoisotopic (exact) mass is 275 g/mol. The Bertz CT molecular complexity index is 838. The number of aromatic hydroxyl groups is 2. The van der Waals surface area contributed by atoms with Gasteiger partial charge in [-0.15, -0.1) is 0 Å². The van der Waals surface area contributed by atoms with Crippen LogP contribution >= 0.6 is 0 Å². The van der Waals surface area contributed by atoms with Gasteiger partial charge < -0.3 is 10.2 Å². The van der Waals surface area contributed by atoms with Gasteiger partial charge in [0, 0.05) is 18.2 Å². The molecular weight excluding hydrogens is 262 g/mol. The zero-order valence-corrected chi connectivity index (χ0v) is 11.2. The third-order valence-electron chi connectivity index (χ3n) is 3.97. The molecule has 0 bridgehead atoms. The highest BCUT2D eigenvalue weighted by Gasteiger charge is 2.25. The molecule has 0 saturated heterocycles. The van der Waals surface area contributed by atoms with Gasteiger partial charge in [0.15, 0.2) is 0 Å². The summed E-state index contributed by atoms with van der Waals surface area (Å²) in [5, 5.41) is 19.5. The van der Waals surface area contributed by atoms with E-state index in [1.807, 2.05) is 30.3 Å². The van der Waals surface area contributed by atoms with E-state index < -0.39 is 0 Å². The number of nitrogens with zero attached hydrogens (tertiary/aromatic N) is 1. The number of hydrogen-bond acceptors (Lipinski definition) is 3. The fraction of sp³-hybridized carbons (Fsp3) is 0.0556. The molecule has 0 spiro atoms. The number of pyridine rings is 1. The van der Waals surface area contributed by atoms with Gasteiger partial charge >= 0.3 is 0 Å². The van der Waals surface area contributed by atoms with Crippen LogP contribution in [-0.2, 0) is 6.42 Å². The molecule has 0 saturated carbocycles. The van der Waals surface area contributed by atoms with E-state index in [2.05, 4.69) is 4.98 Å². The Balaban J connectivity index is 1.93. The summed E-state index contributed by atoms with van der Waals surface area (Å²) in [5.74, 6) is 0.534. The Morgan fingerprint density at radius 1 is 0.905 bits per heavy atom. The molecule has 3 heteroatoms. The minimum atomic E-state index is 0.255. The van der Waals surface area contributed by atoms with Crippen LogP contribution in [0.3, 0.4) is 0 Å². The van der Waals surface area contributed by atoms with Crippen LogP contribution in [0.2, 0.25) is 0 Å². The zero-order valence-electron chi connectivity index (χ0n) is 11.2. The molecule has 0 fully saturated rings. The van der Waals surface area contributed by atoms with Crippen molar-refractivity contribution in [1.29, 1.82) is 0 Å². The van der Waals surface area contributed by atoms with E-state index in [0.717, 1.165) is 39.9 Å². The maximum absolute atomic E-state index is 10.1. The Labute approximate surface area is 122 Å². The van der Waals surface area contributed by atoms with Crippen LogP contribution in [0.1, 0.15) is 11.1 Å². The predicted molar refractivity (Wildman–Crippen MR) is 81.2 cm³/mol. The van der Waals surface area contributed by atoms with Crippen molar-refractivity contribution in [3.05, 3.63) is 65.9 Å². The fourth-order valence-electron chi connectivity index (χ4n) is 3.00. The number of phenols is 2. The Morgan fingerprint density at radius 2 is 1.71 bits per heavy atom. The summed E-state index contributed by atoms with van der Waals surface area (Å²) in [5.41, 5.74) is 6.06. The lowest BCUT2D eigenvalue weighted by Crippen LogP contribution is -1.90. The quantitative estimate of drug-likeness (QED) is 0.556. The molecule has 1 aromatic heterocycles. The van der Waals surface area contributed by atoms with Gasteiger partial charge in [-0.3, -0.25) is 4.98 Å². The van der Waals surface area contributed by atoms with E-state index in [0.29, 0.717) is 0 Å². The van der Waals surface area contributed by atoms with Gasteiger partial charge in [-0.2, -0.15) is 0 Å². The molecule has 0 atom stereocenters. The summed E-state index contributed by atoms with van der Waals surface area (Å²) >= 11 is 0. The van der Waals surface area contributed by atoms with Crippen molar-refractivity contribution in [3.8, 4) is 33.9 Å². The molecule has 2 N–H and O–H groups in total. The van der Waals surface area contributed by atoms with Crippen molar-refractivity contribution >= 4 is 0 Å². The van der Waals surface area contributed by atoms with Crippen molar-refractivity contribution in [2.75, 3.05) is 0 Å². The second-order valence-corrected chi connectivity index (χ2v) is 5.22. The molecule has 0 amide bonds. The Morgan fingerprint density at radius 3 is 2.52 bits per heavy atom. The van der Waals surface area contributed by atoms with Crippen LogP contribution in [0.15, 0.2) is 54.7 Å². The second kappa shape index (κ2) is 4.35. The average Bonchev–Trinajstić information content (AvgIpc) is 2.88. The van der Waals surface area contributed by atoms with Crippen molar-refractivity contribution < 1.29 is 10.2 Å². The largest absolute Gasteiger partial charge is 0.508 e. The van der Waals surface area contributed by atoms with E-state index in [4.69, 9.17) is 0 Å². The van der Waals surface area contributed by atoms with Gasteiger partial charge in [0.2, 0.25) is 0 Å². The molecular formula is C18H13NO2. The highest BCUT2D eigenvalue weighted by atomic mass is 16.3. The summed E-state index contributed by atoms with van der Waals surface area (Å²) in [6, 6.07) is 14.7.